The molecule has 1 spiro atoms. The quantitative estimate of drug-likeness (QED) is 0.577. The van der Waals surface area contributed by atoms with E-state index in [1.165, 1.54) is 16.7 Å². The molecular formula is C21H25F3N6S. The van der Waals surface area contributed by atoms with E-state index in [0.29, 0.717) is 17.2 Å². The molecular weight excluding hydrogens is 425 g/mol. The Kier molecular flexibility index (Phi) is 6.11. The van der Waals surface area contributed by atoms with Crippen molar-refractivity contribution in [2.75, 3.05) is 30.8 Å². The summed E-state index contributed by atoms with van der Waals surface area (Å²) in [6, 6.07) is 4.29. The van der Waals surface area contributed by atoms with Crippen LogP contribution in [0.1, 0.15) is 31.2 Å². The second-order valence-electron chi connectivity index (χ2n) is 7.76. The maximum absolute atomic E-state index is 13.2. The SMILES string of the molecule is CS.FC(F)(F)c1ccc2ncc(-c3nccc(N4CCCC45CCNCC5)n3)n2c1. The number of aromatic nitrogens is 4. The molecule has 3 aromatic heterocycles. The fraction of sp³-hybridized carbons (Fsp3) is 0.476. The van der Waals surface area contributed by atoms with Crippen molar-refractivity contribution < 1.29 is 13.2 Å². The van der Waals surface area contributed by atoms with Crippen LogP contribution in [0.2, 0.25) is 0 Å². The van der Waals surface area contributed by atoms with Crippen LogP contribution in [-0.4, -0.2) is 50.8 Å². The van der Waals surface area contributed by atoms with E-state index in [9.17, 15) is 13.2 Å². The molecule has 2 saturated heterocycles. The number of fused-ring (bicyclic) bond motifs is 1. The van der Waals surface area contributed by atoms with Crippen LogP contribution in [0.25, 0.3) is 17.2 Å². The summed E-state index contributed by atoms with van der Waals surface area (Å²) < 4.78 is 40.9. The van der Waals surface area contributed by atoms with Gasteiger partial charge in [0.25, 0.3) is 0 Å². The zero-order valence-corrected chi connectivity index (χ0v) is 18.1. The van der Waals surface area contributed by atoms with Gasteiger partial charge in [0, 0.05) is 24.5 Å². The molecule has 0 unspecified atom stereocenters. The van der Waals surface area contributed by atoms with E-state index in [-0.39, 0.29) is 5.54 Å². The van der Waals surface area contributed by atoms with E-state index < -0.39 is 11.7 Å². The maximum Gasteiger partial charge on any atom is 0.417 e. The van der Waals surface area contributed by atoms with Crippen molar-refractivity contribution >= 4 is 24.1 Å². The number of thiol groups is 1. The Bertz CT molecular complexity index is 1050. The summed E-state index contributed by atoms with van der Waals surface area (Å²) in [7, 11) is 0. The van der Waals surface area contributed by atoms with E-state index in [4.69, 9.17) is 4.98 Å². The number of nitrogens with one attached hydrogen (secondary N) is 1. The molecule has 0 radical (unpaired) electrons. The second kappa shape index (κ2) is 8.66. The van der Waals surface area contributed by atoms with Crippen molar-refractivity contribution in [2.24, 2.45) is 0 Å². The number of hydrogen-bond donors (Lipinski definition) is 2. The molecule has 0 bridgehead atoms. The zero-order chi connectivity index (χ0) is 22.1. The van der Waals surface area contributed by atoms with Gasteiger partial charge in [0.2, 0.25) is 0 Å². The molecule has 5 heterocycles. The molecule has 0 aromatic carbocycles. The van der Waals surface area contributed by atoms with Crippen LogP contribution in [0.4, 0.5) is 19.0 Å². The van der Waals surface area contributed by atoms with Gasteiger partial charge in [-0.25, -0.2) is 15.0 Å². The van der Waals surface area contributed by atoms with E-state index in [0.717, 1.165) is 63.4 Å². The second-order valence-corrected chi connectivity index (χ2v) is 7.76. The molecule has 31 heavy (non-hydrogen) atoms. The molecule has 0 amide bonds. The van der Waals surface area contributed by atoms with E-state index >= 15 is 0 Å². The van der Waals surface area contributed by atoms with Gasteiger partial charge in [0.05, 0.1) is 11.8 Å². The maximum atomic E-state index is 13.2. The monoisotopic (exact) mass is 450 g/mol. The molecule has 2 aliphatic heterocycles. The summed E-state index contributed by atoms with van der Waals surface area (Å²) in [5, 5.41) is 3.42. The van der Waals surface area contributed by atoms with Crippen LogP contribution < -0.4 is 10.2 Å². The van der Waals surface area contributed by atoms with Crippen molar-refractivity contribution in [3.05, 3.63) is 42.4 Å². The Labute approximate surface area is 184 Å². The van der Waals surface area contributed by atoms with Crippen molar-refractivity contribution in [1.82, 2.24) is 24.7 Å². The van der Waals surface area contributed by atoms with Crippen LogP contribution in [0.3, 0.4) is 0 Å². The lowest BCUT2D eigenvalue weighted by atomic mass is 9.86. The van der Waals surface area contributed by atoms with E-state index in [1.54, 1.807) is 12.5 Å². The number of rotatable bonds is 2. The van der Waals surface area contributed by atoms with E-state index in [1.807, 2.05) is 6.07 Å². The Hall–Kier alpha value is -2.33. The van der Waals surface area contributed by atoms with Gasteiger partial charge in [-0.2, -0.15) is 25.8 Å². The molecule has 2 fully saturated rings. The first kappa shape index (κ1) is 21.9. The fourth-order valence-electron chi connectivity index (χ4n) is 4.64. The Morgan fingerprint density at radius 3 is 2.58 bits per heavy atom. The Balaban J connectivity index is 0.00000112. The number of imidazole rings is 1. The van der Waals surface area contributed by atoms with Crippen molar-refractivity contribution in [3.8, 4) is 11.5 Å². The highest BCUT2D eigenvalue weighted by molar-refractivity contribution is 7.79. The molecule has 6 nitrogen and oxygen atoms in total. The van der Waals surface area contributed by atoms with Gasteiger partial charge in [-0.1, -0.05) is 0 Å². The standard InChI is InChI=1S/C20H21F3N6.CH4S/c21-20(22,23)14-2-3-16-26-12-15(28(16)13-14)18-25-8-4-17(27-18)29-11-1-5-19(29)6-9-24-10-7-19;1-2/h2-4,8,12-13,24H,1,5-7,9-11H2;2H,1H3. The molecule has 166 valence electrons. The minimum Gasteiger partial charge on any atom is -0.351 e. The fourth-order valence-corrected chi connectivity index (χ4v) is 4.64. The molecule has 0 saturated carbocycles. The van der Waals surface area contributed by atoms with Crippen LogP contribution in [0.15, 0.2) is 36.8 Å². The minimum atomic E-state index is -4.42. The highest BCUT2D eigenvalue weighted by Crippen LogP contribution is 2.39. The molecule has 2 aliphatic rings. The summed E-state index contributed by atoms with van der Waals surface area (Å²) in [5.41, 5.74) is 0.262. The van der Waals surface area contributed by atoms with Crippen molar-refractivity contribution in [3.63, 3.8) is 0 Å². The van der Waals surface area contributed by atoms with Crippen LogP contribution in [0, 0.1) is 0 Å². The van der Waals surface area contributed by atoms with Gasteiger partial charge in [-0.3, -0.25) is 4.40 Å². The lowest BCUT2D eigenvalue weighted by Gasteiger charge is -2.42. The van der Waals surface area contributed by atoms with Crippen LogP contribution in [-0.2, 0) is 6.18 Å². The topological polar surface area (TPSA) is 58.4 Å². The van der Waals surface area contributed by atoms with E-state index in [2.05, 4.69) is 32.8 Å². The molecule has 3 aromatic rings. The Morgan fingerprint density at radius 2 is 1.84 bits per heavy atom. The van der Waals surface area contributed by atoms with Gasteiger partial charge in [0.1, 0.15) is 17.2 Å². The highest BCUT2D eigenvalue weighted by atomic mass is 32.1. The van der Waals surface area contributed by atoms with Crippen LogP contribution in [0.5, 0.6) is 0 Å². The normalized spacial score (nSPS) is 18.3. The molecule has 1 N–H and O–H groups in total. The summed E-state index contributed by atoms with van der Waals surface area (Å²) in [6.07, 6.45) is 5.92. The number of pyridine rings is 1. The number of halogens is 3. The molecule has 0 atom stereocenters. The first-order chi connectivity index (χ1) is 15.0. The predicted octanol–water partition coefficient (Wildman–Crippen LogP) is 4.08. The average Bonchev–Trinajstić information content (AvgIpc) is 3.39. The number of anilines is 1. The first-order valence-corrected chi connectivity index (χ1v) is 11.2. The summed E-state index contributed by atoms with van der Waals surface area (Å²) in [6.45, 7) is 2.91. The van der Waals surface area contributed by atoms with Gasteiger partial charge >= 0.3 is 6.18 Å². The minimum absolute atomic E-state index is 0.111. The number of alkyl halides is 3. The number of nitrogens with zero attached hydrogens (tertiary/aromatic N) is 5. The van der Waals surface area contributed by atoms with Gasteiger partial charge in [0.15, 0.2) is 5.82 Å². The molecule has 5 rings (SSSR count). The van der Waals surface area contributed by atoms with Gasteiger partial charge < -0.3 is 10.2 Å². The van der Waals surface area contributed by atoms with Gasteiger partial charge in [-0.15, -0.1) is 0 Å². The van der Waals surface area contributed by atoms with Crippen molar-refractivity contribution in [2.45, 2.75) is 37.4 Å². The van der Waals surface area contributed by atoms with Crippen molar-refractivity contribution in [1.29, 1.82) is 0 Å². The molecule has 0 aliphatic carbocycles. The highest BCUT2D eigenvalue weighted by Gasteiger charge is 2.42. The Morgan fingerprint density at radius 1 is 1.06 bits per heavy atom. The largest absolute Gasteiger partial charge is 0.417 e. The number of hydrogen-bond acceptors (Lipinski definition) is 6. The van der Waals surface area contributed by atoms with Crippen LogP contribution >= 0.6 is 12.6 Å². The van der Waals surface area contributed by atoms with Gasteiger partial charge in [-0.05, 0) is 63.2 Å². The third kappa shape index (κ3) is 4.10. The first-order valence-electron chi connectivity index (χ1n) is 10.3. The summed E-state index contributed by atoms with van der Waals surface area (Å²) in [4.78, 5) is 15.7. The zero-order valence-electron chi connectivity index (χ0n) is 17.2. The third-order valence-electron chi connectivity index (χ3n) is 6.11. The smallest absolute Gasteiger partial charge is 0.351 e. The lowest BCUT2D eigenvalue weighted by Crippen LogP contribution is -2.51. The number of piperidine rings is 1. The molecule has 10 heteroatoms. The average molecular weight is 451 g/mol. The third-order valence-corrected chi connectivity index (χ3v) is 6.11. The summed E-state index contributed by atoms with van der Waals surface area (Å²) >= 11 is 3.53. The predicted molar refractivity (Wildman–Crippen MR) is 118 cm³/mol. The summed E-state index contributed by atoms with van der Waals surface area (Å²) in [5.74, 6) is 1.21. The lowest BCUT2D eigenvalue weighted by molar-refractivity contribution is -0.137.